The minimum absolute atomic E-state index is 0.249. The van der Waals surface area contributed by atoms with Crippen molar-refractivity contribution in [2.75, 3.05) is 0 Å². The maximum Gasteiger partial charge on any atom is 0.347 e. The second kappa shape index (κ2) is 4.33. The predicted molar refractivity (Wildman–Crippen MR) is 60.1 cm³/mol. The zero-order chi connectivity index (χ0) is 10.7. The number of nitrogens with zero attached hydrogens (tertiary/aromatic N) is 2. The Kier molecular flexibility index (Phi) is 2.89. The summed E-state index contributed by atoms with van der Waals surface area (Å²) in [6.45, 7) is 0. The van der Waals surface area contributed by atoms with Crippen LogP contribution in [0.15, 0.2) is 17.9 Å². The second-order valence-electron chi connectivity index (χ2n) is 2.61. The number of hydrogen-bond acceptors (Lipinski definition) is 5. The third kappa shape index (κ3) is 2.48. The first-order valence-corrected chi connectivity index (χ1v) is 5.71. The largest absolute Gasteiger partial charge is 0.477 e. The van der Waals surface area contributed by atoms with E-state index in [4.69, 9.17) is 5.11 Å². The standard InChI is InChI=1S/C9H6N2O2S2/c12-9(13)7-4-11-8(15-7)2-1-6-3-10-5-14-6/h1-5H,(H,12,13)/b2-1+. The summed E-state index contributed by atoms with van der Waals surface area (Å²) in [5.74, 6) is -0.940. The van der Waals surface area contributed by atoms with Gasteiger partial charge in [0.25, 0.3) is 0 Å². The van der Waals surface area contributed by atoms with E-state index < -0.39 is 5.97 Å². The highest BCUT2D eigenvalue weighted by molar-refractivity contribution is 7.14. The van der Waals surface area contributed by atoms with Gasteiger partial charge in [-0.25, -0.2) is 9.78 Å². The monoisotopic (exact) mass is 238 g/mol. The molecule has 0 saturated carbocycles. The Morgan fingerprint density at radius 3 is 2.87 bits per heavy atom. The number of rotatable bonds is 3. The van der Waals surface area contributed by atoms with Crippen molar-refractivity contribution in [2.24, 2.45) is 0 Å². The Hall–Kier alpha value is -1.53. The van der Waals surface area contributed by atoms with Crippen molar-refractivity contribution in [3.8, 4) is 0 Å². The molecule has 0 fully saturated rings. The number of thiazole rings is 2. The van der Waals surface area contributed by atoms with E-state index in [1.165, 1.54) is 17.5 Å². The zero-order valence-corrected chi connectivity index (χ0v) is 9.09. The first-order chi connectivity index (χ1) is 7.25. The second-order valence-corrected chi connectivity index (χ2v) is 4.59. The zero-order valence-electron chi connectivity index (χ0n) is 7.45. The molecule has 0 bridgehead atoms. The van der Waals surface area contributed by atoms with Crippen LogP contribution in [0.25, 0.3) is 12.2 Å². The Labute approximate surface area is 93.6 Å². The van der Waals surface area contributed by atoms with Gasteiger partial charge in [0.05, 0.1) is 11.7 Å². The van der Waals surface area contributed by atoms with Crippen molar-refractivity contribution in [1.82, 2.24) is 9.97 Å². The Bertz CT molecular complexity index is 488. The molecule has 0 aliphatic rings. The van der Waals surface area contributed by atoms with Gasteiger partial charge >= 0.3 is 5.97 Å². The minimum atomic E-state index is -0.940. The van der Waals surface area contributed by atoms with E-state index in [0.717, 1.165) is 16.2 Å². The molecule has 2 aromatic rings. The van der Waals surface area contributed by atoms with E-state index in [0.29, 0.717) is 5.01 Å². The van der Waals surface area contributed by atoms with Crippen LogP contribution in [0, 0.1) is 0 Å². The summed E-state index contributed by atoms with van der Waals surface area (Å²) in [5.41, 5.74) is 1.74. The number of carboxylic acids is 1. The predicted octanol–water partition coefficient (Wildman–Crippen LogP) is 2.47. The summed E-state index contributed by atoms with van der Waals surface area (Å²) in [5, 5.41) is 9.37. The molecular weight excluding hydrogens is 232 g/mol. The summed E-state index contributed by atoms with van der Waals surface area (Å²) in [6, 6.07) is 0. The van der Waals surface area contributed by atoms with Crippen LogP contribution in [0.2, 0.25) is 0 Å². The number of carbonyl (C=O) groups is 1. The molecule has 2 rings (SSSR count). The highest BCUT2D eigenvalue weighted by Gasteiger charge is 2.05. The van der Waals surface area contributed by atoms with E-state index >= 15 is 0 Å². The average molecular weight is 238 g/mol. The Morgan fingerprint density at radius 2 is 2.27 bits per heavy atom. The third-order valence-electron chi connectivity index (χ3n) is 1.58. The molecule has 0 aliphatic carbocycles. The number of hydrogen-bond donors (Lipinski definition) is 1. The number of carboxylic acid groups (broad SMARTS) is 1. The van der Waals surface area contributed by atoms with Gasteiger partial charge in [0.2, 0.25) is 0 Å². The van der Waals surface area contributed by atoms with Crippen LogP contribution in [0.5, 0.6) is 0 Å². The van der Waals surface area contributed by atoms with Crippen molar-refractivity contribution in [2.45, 2.75) is 0 Å². The first kappa shape index (κ1) is 10.0. The van der Waals surface area contributed by atoms with Crippen LogP contribution in [-0.2, 0) is 0 Å². The molecule has 1 N–H and O–H groups in total. The third-order valence-corrected chi connectivity index (χ3v) is 3.27. The molecule has 2 heterocycles. The average Bonchev–Trinajstić information content (AvgIpc) is 2.86. The van der Waals surface area contributed by atoms with Crippen molar-refractivity contribution in [3.05, 3.63) is 32.7 Å². The van der Waals surface area contributed by atoms with E-state index in [-0.39, 0.29) is 4.88 Å². The van der Waals surface area contributed by atoms with Crippen LogP contribution in [-0.4, -0.2) is 21.0 Å². The van der Waals surface area contributed by atoms with Gasteiger partial charge in [-0.3, -0.25) is 4.98 Å². The van der Waals surface area contributed by atoms with E-state index in [9.17, 15) is 4.79 Å². The fourth-order valence-electron chi connectivity index (χ4n) is 0.925. The van der Waals surface area contributed by atoms with Crippen LogP contribution < -0.4 is 0 Å². The van der Waals surface area contributed by atoms with Crippen LogP contribution in [0.3, 0.4) is 0 Å². The lowest BCUT2D eigenvalue weighted by Gasteiger charge is -1.82. The van der Waals surface area contributed by atoms with E-state index in [1.807, 2.05) is 6.08 Å². The van der Waals surface area contributed by atoms with Crippen LogP contribution in [0.1, 0.15) is 19.6 Å². The van der Waals surface area contributed by atoms with Gasteiger partial charge in [-0.2, -0.15) is 0 Å². The molecule has 0 atom stereocenters. The molecule has 0 amide bonds. The molecule has 0 spiro atoms. The molecule has 0 saturated heterocycles. The molecule has 0 unspecified atom stereocenters. The van der Waals surface area contributed by atoms with Gasteiger partial charge in [-0.15, -0.1) is 22.7 Å². The molecule has 6 heteroatoms. The lowest BCUT2D eigenvalue weighted by Crippen LogP contribution is -1.89. The van der Waals surface area contributed by atoms with Gasteiger partial charge in [0.1, 0.15) is 9.88 Å². The molecule has 76 valence electrons. The van der Waals surface area contributed by atoms with Gasteiger partial charge in [-0.1, -0.05) is 0 Å². The maximum atomic E-state index is 10.6. The summed E-state index contributed by atoms with van der Waals surface area (Å²) >= 11 is 2.67. The van der Waals surface area contributed by atoms with E-state index in [2.05, 4.69) is 9.97 Å². The van der Waals surface area contributed by atoms with Crippen molar-refractivity contribution in [1.29, 1.82) is 0 Å². The summed E-state index contributed by atoms with van der Waals surface area (Å²) in [7, 11) is 0. The molecular formula is C9H6N2O2S2. The van der Waals surface area contributed by atoms with Crippen molar-refractivity contribution >= 4 is 40.8 Å². The molecule has 2 aromatic heterocycles. The molecule has 0 aromatic carbocycles. The van der Waals surface area contributed by atoms with Crippen molar-refractivity contribution < 1.29 is 9.90 Å². The first-order valence-electron chi connectivity index (χ1n) is 4.01. The smallest absolute Gasteiger partial charge is 0.347 e. The highest BCUT2D eigenvalue weighted by Crippen LogP contribution is 2.16. The van der Waals surface area contributed by atoms with Gasteiger partial charge < -0.3 is 5.11 Å². The maximum absolute atomic E-state index is 10.6. The summed E-state index contributed by atoms with van der Waals surface area (Å²) < 4.78 is 0. The van der Waals surface area contributed by atoms with Gasteiger partial charge in [-0.05, 0) is 12.2 Å². The van der Waals surface area contributed by atoms with Crippen LogP contribution >= 0.6 is 22.7 Å². The SMILES string of the molecule is O=C(O)c1cnc(/C=C/c2cncs2)s1. The highest BCUT2D eigenvalue weighted by atomic mass is 32.1. The van der Waals surface area contributed by atoms with Gasteiger partial charge in [0, 0.05) is 11.1 Å². The Balaban J connectivity index is 2.14. The van der Waals surface area contributed by atoms with E-state index in [1.54, 1.807) is 17.8 Å². The molecule has 0 aliphatic heterocycles. The number of aromatic nitrogens is 2. The fourth-order valence-corrected chi connectivity index (χ4v) is 2.10. The summed E-state index contributed by atoms with van der Waals surface area (Å²) in [6.07, 6.45) is 6.75. The molecule has 4 nitrogen and oxygen atoms in total. The van der Waals surface area contributed by atoms with Crippen molar-refractivity contribution in [3.63, 3.8) is 0 Å². The lowest BCUT2D eigenvalue weighted by atomic mass is 10.4. The molecule has 0 radical (unpaired) electrons. The fraction of sp³-hybridized carbons (Fsp3) is 0. The van der Waals surface area contributed by atoms with Crippen LogP contribution in [0.4, 0.5) is 0 Å². The lowest BCUT2D eigenvalue weighted by molar-refractivity contribution is 0.0702. The normalized spacial score (nSPS) is 10.9. The minimum Gasteiger partial charge on any atom is -0.477 e. The molecule has 15 heavy (non-hydrogen) atoms. The summed E-state index contributed by atoms with van der Waals surface area (Å²) in [4.78, 5) is 19.7. The quantitative estimate of drug-likeness (QED) is 0.892. The topological polar surface area (TPSA) is 63.1 Å². The Morgan fingerprint density at radius 1 is 1.40 bits per heavy atom. The number of aromatic carboxylic acids is 1. The van der Waals surface area contributed by atoms with Gasteiger partial charge in [0.15, 0.2) is 0 Å².